The number of ether oxygens (including phenoxy) is 2. The number of nitrogens with one attached hydrogen (secondary N) is 3. The van der Waals surface area contributed by atoms with Crippen LogP contribution in [0.4, 0.5) is 119 Å². The molecule has 0 aliphatic heterocycles. The van der Waals surface area contributed by atoms with E-state index in [0.717, 1.165) is 55.7 Å². The smallest absolute Gasteiger partial charge is 0.404 e. The van der Waals surface area contributed by atoms with Crippen molar-refractivity contribution in [3.63, 3.8) is 0 Å². The predicted octanol–water partition coefficient (Wildman–Crippen LogP) is 15.4. The van der Waals surface area contributed by atoms with Gasteiger partial charge in [-0.05, 0) is 118 Å². The van der Waals surface area contributed by atoms with Gasteiger partial charge in [0.05, 0.1) is 33.9 Å². The molecule has 420 valence electrons. The van der Waals surface area contributed by atoms with Gasteiger partial charge >= 0.3 is 48.8 Å². The number of halogens is 24. The molecule has 0 saturated heterocycles. The van der Waals surface area contributed by atoms with E-state index in [1.165, 1.54) is 25.0 Å². The summed E-state index contributed by atoms with van der Waals surface area (Å²) in [6, 6.07) is 5.03. The van der Waals surface area contributed by atoms with Gasteiger partial charge < -0.3 is 36.0 Å². The van der Waals surface area contributed by atoms with E-state index >= 15 is 0 Å². The summed E-state index contributed by atoms with van der Waals surface area (Å²) in [6.45, 7) is 0.377. The van der Waals surface area contributed by atoms with Gasteiger partial charge in [-0.25, -0.2) is 17.6 Å². The lowest BCUT2D eigenvalue weighted by Crippen LogP contribution is -2.50. The Hall–Kier alpha value is -5.89. The molecule has 2 fully saturated rings. The minimum atomic E-state index is -6.64. The normalized spacial score (nSPS) is 14.6. The van der Waals surface area contributed by atoms with Crippen molar-refractivity contribution in [2.45, 2.75) is 80.9 Å². The van der Waals surface area contributed by atoms with Gasteiger partial charge in [0, 0.05) is 33.0 Å². The number of carbonyl (C=O) groups is 3. The predicted molar refractivity (Wildman–Crippen MR) is 229 cm³/mol. The highest BCUT2D eigenvalue weighted by molar-refractivity contribution is 9.11. The Morgan fingerprint density at radius 1 is 0.566 bits per heavy atom. The molecule has 76 heavy (non-hydrogen) atoms. The zero-order valence-corrected chi connectivity index (χ0v) is 40.1. The van der Waals surface area contributed by atoms with Gasteiger partial charge in [-0.15, -0.1) is 26.3 Å². The van der Waals surface area contributed by atoms with Crippen LogP contribution < -0.4 is 31.2 Å². The first-order valence-electron chi connectivity index (χ1n) is 20.5. The SMILES string of the molecule is Nc1cccc(C(=O)Nc2c(Br)cc(C(F)(C(F)(F)F)C(F)(F)F)cc2OC(F)(F)F)c1F.O=C(Nc1c(Br)cc(C(F)(C(F)(F)F)C(F)(F)F)cc1OC(F)(F)F)c1cccc(NCC2CC2)c1F.O=CCC1CC1. The summed E-state index contributed by atoms with van der Waals surface area (Å²) < 4.78 is 296. The minimum absolute atomic E-state index is 0.121. The largest absolute Gasteiger partial charge is 0.573 e. The Bertz CT molecular complexity index is 2730. The zero-order chi connectivity index (χ0) is 57.9. The van der Waals surface area contributed by atoms with Crippen molar-refractivity contribution in [3.05, 3.63) is 103 Å². The van der Waals surface area contributed by atoms with E-state index < -0.39 is 144 Å². The van der Waals surface area contributed by atoms with Gasteiger partial charge in [0.1, 0.15) is 6.29 Å². The molecule has 4 aromatic rings. The summed E-state index contributed by atoms with van der Waals surface area (Å²) in [5.74, 6) is -7.96. The molecule has 6 rings (SSSR count). The Kier molecular flexibility index (Phi) is 18.9. The number of aldehydes is 1. The summed E-state index contributed by atoms with van der Waals surface area (Å²) in [5.41, 5.74) is -16.1. The Labute approximate surface area is 428 Å². The van der Waals surface area contributed by atoms with E-state index in [1.54, 1.807) is 10.6 Å². The third kappa shape index (κ3) is 15.2. The fraction of sp³-hybridized carbons (Fsp3) is 0.372. The average molecular weight is 1260 g/mol. The average Bonchev–Trinajstić information content (AvgIpc) is 4.21. The third-order valence-electron chi connectivity index (χ3n) is 10.3. The molecular formula is C43H30Br2F22N4O5. The molecule has 0 unspecified atom stereocenters. The second-order valence-corrected chi connectivity index (χ2v) is 17.7. The van der Waals surface area contributed by atoms with Crippen LogP contribution in [-0.2, 0) is 16.1 Å². The monoisotopic (exact) mass is 1260 g/mol. The highest BCUT2D eigenvalue weighted by Gasteiger charge is 2.75. The van der Waals surface area contributed by atoms with E-state index in [9.17, 15) is 111 Å². The van der Waals surface area contributed by atoms with Crippen LogP contribution >= 0.6 is 31.9 Å². The molecule has 0 radical (unpaired) electrons. The van der Waals surface area contributed by atoms with Gasteiger partial charge in [0.2, 0.25) is 0 Å². The first-order valence-corrected chi connectivity index (χ1v) is 22.1. The van der Waals surface area contributed by atoms with Crippen LogP contribution in [-0.4, -0.2) is 62.1 Å². The van der Waals surface area contributed by atoms with Crippen LogP contribution in [0.25, 0.3) is 0 Å². The van der Waals surface area contributed by atoms with Gasteiger partial charge in [-0.2, -0.15) is 52.7 Å². The quantitative estimate of drug-likeness (QED) is 0.0595. The molecule has 5 N–H and O–H groups in total. The summed E-state index contributed by atoms with van der Waals surface area (Å²) in [5, 5.41) is 6.15. The Morgan fingerprint density at radius 2 is 0.934 bits per heavy atom. The van der Waals surface area contributed by atoms with E-state index in [1.807, 2.05) is 0 Å². The van der Waals surface area contributed by atoms with Crippen LogP contribution in [0.2, 0.25) is 0 Å². The first-order chi connectivity index (χ1) is 34.6. The van der Waals surface area contributed by atoms with E-state index in [-0.39, 0.29) is 17.8 Å². The fourth-order valence-corrected chi connectivity index (χ4v) is 7.27. The second-order valence-electron chi connectivity index (χ2n) is 16.0. The minimum Gasteiger partial charge on any atom is -0.404 e. The molecule has 0 atom stereocenters. The third-order valence-corrected chi connectivity index (χ3v) is 11.6. The van der Waals surface area contributed by atoms with Crippen LogP contribution in [0.5, 0.6) is 11.5 Å². The van der Waals surface area contributed by atoms with Crippen molar-refractivity contribution in [2.24, 2.45) is 11.8 Å². The molecule has 4 aromatic carbocycles. The highest BCUT2D eigenvalue weighted by atomic mass is 79.9. The topological polar surface area (TPSA) is 132 Å². The van der Waals surface area contributed by atoms with Crippen LogP contribution in [0.3, 0.4) is 0 Å². The van der Waals surface area contributed by atoms with E-state index in [4.69, 9.17) is 5.73 Å². The van der Waals surface area contributed by atoms with E-state index in [0.29, 0.717) is 12.5 Å². The number of anilines is 4. The standard InChI is InChI=1S/C21H14BrF11N2O2.C17H8BrF11N2O2.C5H8O/c22-12-6-10(18(24,19(25,26)27)20(28,29)30)7-14(37-21(31,32)33)16(12)35-17(36)11-2-1-3-13(15(11)23)34-8-9-4-5-9;18-8-4-6(14(20,15(21,22)23)16(24,25)26)5-10(33-17(27,28)29)12(8)31-13(32)7-2-1-3-9(30)11(7)19;6-4-3-5-1-2-5/h1-3,6-7,9,34H,4-5,8H2,(H,35,36);1-5H,30H2,(H,31,32);4-5H,1-3H2. The van der Waals surface area contributed by atoms with Crippen LogP contribution in [0, 0.1) is 23.5 Å². The van der Waals surface area contributed by atoms with Crippen molar-refractivity contribution in [2.75, 3.05) is 28.2 Å². The van der Waals surface area contributed by atoms with Crippen LogP contribution in [0.1, 0.15) is 63.9 Å². The van der Waals surface area contributed by atoms with Gasteiger partial charge in [-0.3, -0.25) is 9.59 Å². The van der Waals surface area contributed by atoms with Crippen molar-refractivity contribution in [1.82, 2.24) is 0 Å². The summed E-state index contributed by atoms with van der Waals surface area (Å²) >= 11 is 4.83. The number of benzene rings is 4. The Morgan fingerprint density at radius 3 is 1.26 bits per heavy atom. The molecule has 0 aromatic heterocycles. The zero-order valence-electron chi connectivity index (χ0n) is 36.9. The van der Waals surface area contributed by atoms with E-state index in [2.05, 4.69) is 46.7 Å². The molecule has 0 spiro atoms. The lowest BCUT2D eigenvalue weighted by molar-refractivity contribution is -0.349. The van der Waals surface area contributed by atoms with Crippen molar-refractivity contribution in [1.29, 1.82) is 0 Å². The van der Waals surface area contributed by atoms with Crippen molar-refractivity contribution in [3.8, 4) is 11.5 Å². The molecule has 0 heterocycles. The molecule has 2 amide bonds. The maximum absolute atomic E-state index is 14.8. The summed E-state index contributed by atoms with van der Waals surface area (Å²) in [6.07, 6.45) is -31.7. The lowest BCUT2D eigenvalue weighted by Gasteiger charge is -2.31. The number of rotatable bonds is 13. The summed E-state index contributed by atoms with van der Waals surface area (Å²) in [7, 11) is 0. The number of nitrogens with two attached hydrogens (primary N) is 1. The van der Waals surface area contributed by atoms with Crippen molar-refractivity contribution < 1.29 is 120 Å². The molecule has 0 bridgehead atoms. The molecule has 33 heteroatoms. The number of alkyl halides is 20. The van der Waals surface area contributed by atoms with Gasteiger partial charge in [0.25, 0.3) is 11.8 Å². The molecule has 2 aliphatic carbocycles. The second kappa shape index (κ2) is 23.0. The first kappa shape index (κ1) is 62.6. The van der Waals surface area contributed by atoms with Gasteiger partial charge in [0.15, 0.2) is 23.1 Å². The molecule has 9 nitrogen and oxygen atoms in total. The molecule has 2 saturated carbocycles. The highest BCUT2D eigenvalue weighted by Crippen LogP contribution is 2.57. The van der Waals surface area contributed by atoms with Crippen molar-refractivity contribution >= 4 is 72.7 Å². The maximum Gasteiger partial charge on any atom is 0.573 e. The maximum atomic E-state index is 14.8. The lowest BCUT2D eigenvalue weighted by atomic mass is 9.93. The van der Waals surface area contributed by atoms with Crippen LogP contribution in [0.15, 0.2) is 69.6 Å². The number of nitrogen functional groups attached to an aromatic ring is 1. The Balaban J connectivity index is 0.000000296. The number of amides is 2. The number of carbonyl (C=O) groups excluding carboxylic acids is 3. The van der Waals surface area contributed by atoms with Gasteiger partial charge in [-0.1, -0.05) is 12.1 Å². The summed E-state index contributed by atoms with van der Waals surface area (Å²) in [4.78, 5) is 34.6. The molecular weight excluding hydrogens is 1230 g/mol. The number of hydrogen-bond acceptors (Lipinski definition) is 7. The number of hydrogen-bond donors (Lipinski definition) is 4. The fourth-order valence-electron chi connectivity index (χ4n) is 6.19. The molecule has 2 aliphatic rings.